The number of halogens is 3. The van der Waals surface area contributed by atoms with Crippen LogP contribution in [0.1, 0.15) is 65.0 Å². The Morgan fingerprint density at radius 3 is 2.41 bits per heavy atom. The number of anilines is 3. The summed E-state index contributed by atoms with van der Waals surface area (Å²) in [6.07, 6.45) is 1.34. The number of carbonyl (C=O) groups excluding carboxylic acids is 2. The third-order valence-electron chi connectivity index (χ3n) is 8.46. The van der Waals surface area contributed by atoms with Gasteiger partial charge in [0.05, 0.1) is 16.8 Å². The van der Waals surface area contributed by atoms with Crippen LogP contribution in [0.4, 0.5) is 30.2 Å². The second-order valence-corrected chi connectivity index (χ2v) is 12.1. The van der Waals surface area contributed by atoms with E-state index in [4.69, 9.17) is 5.73 Å². The van der Waals surface area contributed by atoms with E-state index in [1.54, 1.807) is 18.2 Å². The second kappa shape index (κ2) is 17.6. The normalized spacial score (nSPS) is 14.1. The standard InChI is InChI=1S/C37H46F3N7O2/c1-4-46(5-2)22-21-45(3)26-27-11-9-12-28(23-27)35(48)43-33-16-15-31(47-19-7-6-8-20-47)25-32(33)36(49)44-34(41)17-18-42-30-14-10-13-29(24-30)37(38,39)40/h9-18,23-25,42H,4-8,19-22,26H2,1-3H3,(H,43,48)(H2,41,44,49)/b18-17-. The number of nitrogens with one attached hydrogen (secondary N) is 2. The number of nitrogens with two attached hydrogens (primary N) is 1. The maximum Gasteiger partial charge on any atom is 0.416 e. The molecule has 0 bridgehead atoms. The van der Waals surface area contributed by atoms with Crippen LogP contribution in [0.25, 0.3) is 0 Å². The van der Waals surface area contributed by atoms with Gasteiger partial charge in [0, 0.05) is 55.9 Å². The van der Waals surface area contributed by atoms with Gasteiger partial charge in [0.1, 0.15) is 5.84 Å². The molecule has 3 aromatic carbocycles. The molecule has 262 valence electrons. The first-order valence-corrected chi connectivity index (χ1v) is 16.7. The molecule has 4 N–H and O–H groups in total. The van der Waals surface area contributed by atoms with Crippen LogP contribution < -0.4 is 21.3 Å². The van der Waals surface area contributed by atoms with Crippen LogP contribution in [0.2, 0.25) is 0 Å². The minimum absolute atomic E-state index is 0.164. The number of amides is 2. The Kier molecular flexibility index (Phi) is 13.4. The van der Waals surface area contributed by atoms with Crippen molar-refractivity contribution in [3.8, 4) is 0 Å². The van der Waals surface area contributed by atoms with Crippen LogP contribution in [0, 0.1) is 0 Å². The molecule has 49 heavy (non-hydrogen) atoms. The summed E-state index contributed by atoms with van der Waals surface area (Å²) in [5.41, 5.74) is 8.18. The topological polar surface area (TPSA) is 106 Å². The Morgan fingerprint density at radius 2 is 1.69 bits per heavy atom. The smallest absolute Gasteiger partial charge is 0.384 e. The van der Waals surface area contributed by atoms with E-state index >= 15 is 0 Å². The fraction of sp³-hybridized carbons (Fsp3) is 0.378. The number of benzene rings is 3. The average molecular weight is 678 g/mol. The molecule has 1 heterocycles. The van der Waals surface area contributed by atoms with Crippen molar-refractivity contribution in [1.82, 2.24) is 9.80 Å². The van der Waals surface area contributed by atoms with Gasteiger partial charge >= 0.3 is 6.18 Å². The SMILES string of the molecule is CCN(CC)CCN(C)Cc1cccc(C(=O)Nc2ccc(N3CCCCC3)cc2C(=O)N=C(N)/C=C\Nc2cccc(C(F)(F)F)c2)c1. The molecule has 2 amide bonds. The Labute approximate surface area is 286 Å². The monoisotopic (exact) mass is 677 g/mol. The van der Waals surface area contributed by atoms with Gasteiger partial charge in [0.25, 0.3) is 11.8 Å². The number of aliphatic imine (C=N–C) groups is 1. The maximum atomic E-state index is 13.5. The van der Waals surface area contributed by atoms with Crippen molar-refractivity contribution < 1.29 is 22.8 Å². The van der Waals surface area contributed by atoms with Crippen molar-refractivity contribution in [3.63, 3.8) is 0 Å². The van der Waals surface area contributed by atoms with E-state index in [0.717, 1.165) is 81.9 Å². The summed E-state index contributed by atoms with van der Waals surface area (Å²) in [6, 6.07) is 17.4. The average Bonchev–Trinajstić information content (AvgIpc) is 3.09. The van der Waals surface area contributed by atoms with Crippen molar-refractivity contribution in [2.24, 2.45) is 10.7 Å². The van der Waals surface area contributed by atoms with E-state index in [9.17, 15) is 22.8 Å². The Hall–Kier alpha value is -4.68. The number of hydrogen-bond acceptors (Lipinski definition) is 6. The molecule has 1 aliphatic heterocycles. The van der Waals surface area contributed by atoms with E-state index in [0.29, 0.717) is 17.8 Å². The first kappa shape index (κ1) is 37.1. The molecule has 0 radical (unpaired) electrons. The van der Waals surface area contributed by atoms with E-state index in [-0.39, 0.29) is 23.0 Å². The zero-order chi connectivity index (χ0) is 35.4. The molecular formula is C37H46F3N7O2. The summed E-state index contributed by atoms with van der Waals surface area (Å²) >= 11 is 0. The van der Waals surface area contributed by atoms with Gasteiger partial charge in [-0.3, -0.25) is 9.59 Å². The number of carbonyl (C=O) groups is 2. The van der Waals surface area contributed by atoms with Crippen LogP contribution in [0.15, 0.2) is 84.0 Å². The molecule has 4 rings (SSSR count). The molecule has 0 aliphatic carbocycles. The molecule has 0 saturated carbocycles. The van der Waals surface area contributed by atoms with Gasteiger partial charge in [0.2, 0.25) is 0 Å². The van der Waals surface area contributed by atoms with Gasteiger partial charge in [0.15, 0.2) is 0 Å². The molecule has 0 spiro atoms. The van der Waals surface area contributed by atoms with E-state index in [1.807, 2.05) is 24.3 Å². The highest BCUT2D eigenvalue weighted by molar-refractivity contribution is 6.12. The van der Waals surface area contributed by atoms with Crippen molar-refractivity contribution in [3.05, 3.63) is 101 Å². The third-order valence-corrected chi connectivity index (χ3v) is 8.46. The van der Waals surface area contributed by atoms with Crippen LogP contribution in [0.3, 0.4) is 0 Å². The molecule has 0 atom stereocenters. The third kappa shape index (κ3) is 11.2. The first-order chi connectivity index (χ1) is 23.5. The van der Waals surface area contributed by atoms with Gasteiger partial charge in [-0.15, -0.1) is 0 Å². The molecule has 9 nitrogen and oxygen atoms in total. The van der Waals surface area contributed by atoms with Crippen LogP contribution in [-0.4, -0.2) is 73.8 Å². The molecule has 0 aromatic heterocycles. The number of alkyl halides is 3. The van der Waals surface area contributed by atoms with Crippen molar-refractivity contribution in [1.29, 1.82) is 0 Å². The number of amidine groups is 1. The largest absolute Gasteiger partial charge is 0.416 e. The lowest BCUT2D eigenvalue weighted by molar-refractivity contribution is -0.137. The van der Waals surface area contributed by atoms with Crippen LogP contribution in [0.5, 0.6) is 0 Å². The van der Waals surface area contributed by atoms with Gasteiger partial charge < -0.3 is 31.1 Å². The zero-order valence-corrected chi connectivity index (χ0v) is 28.4. The minimum atomic E-state index is -4.48. The van der Waals surface area contributed by atoms with Crippen molar-refractivity contribution in [2.45, 2.75) is 45.8 Å². The molecule has 0 unspecified atom stereocenters. The maximum absolute atomic E-state index is 13.5. The number of likely N-dealkylation sites (N-methyl/N-ethyl adjacent to an activating group) is 2. The highest BCUT2D eigenvalue weighted by atomic mass is 19.4. The predicted molar refractivity (Wildman–Crippen MR) is 191 cm³/mol. The summed E-state index contributed by atoms with van der Waals surface area (Å²) in [7, 11) is 2.06. The van der Waals surface area contributed by atoms with Crippen molar-refractivity contribution in [2.75, 3.05) is 61.8 Å². The van der Waals surface area contributed by atoms with Crippen molar-refractivity contribution >= 4 is 34.7 Å². The van der Waals surface area contributed by atoms with Gasteiger partial charge in [-0.1, -0.05) is 32.0 Å². The highest BCUT2D eigenvalue weighted by Gasteiger charge is 2.30. The fourth-order valence-electron chi connectivity index (χ4n) is 5.64. The Balaban J connectivity index is 1.51. The molecular weight excluding hydrogens is 631 g/mol. The summed E-state index contributed by atoms with van der Waals surface area (Å²) in [5, 5.41) is 5.62. The Morgan fingerprint density at radius 1 is 0.959 bits per heavy atom. The molecule has 1 aliphatic rings. The fourth-order valence-corrected chi connectivity index (χ4v) is 5.64. The number of hydrogen-bond donors (Lipinski definition) is 3. The highest BCUT2D eigenvalue weighted by Crippen LogP contribution is 2.31. The summed E-state index contributed by atoms with van der Waals surface area (Å²) in [5.74, 6) is -1.20. The lowest BCUT2D eigenvalue weighted by Crippen LogP contribution is -2.32. The van der Waals surface area contributed by atoms with Gasteiger partial charge in [-0.05, 0) is 99.6 Å². The molecule has 1 fully saturated rings. The van der Waals surface area contributed by atoms with Gasteiger partial charge in [-0.2, -0.15) is 18.2 Å². The quantitative estimate of drug-likeness (QED) is 0.127. The first-order valence-electron chi connectivity index (χ1n) is 16.7. The number of rotatable bonds is 14. The lowest BCUT2D eigenvalue weighted by atomic mass is 10.1. The summed E-state index contributed by atoms with van der Waals surface area (Å²) < 4.78 is 39.2. The minimum Gasteiger partial charge on any atom is -0.384 e. The Bertz CT molecular complexity index is 1630. The second-order valence-electron chi connectivity index (χ2n) is 12.1. The molecule has 12 heteroatoms. The van der Waals surface area contributed by atoms with Crippen LogP contribution in [-0.2, 0) is 12.7 Å². The molecule has 1 saturated heterocycles. The van der Waals surface area contributed by atoms with Crippen LogP contribution >= 0.6 is 0 Å². The zero-order valence-electron chi connectivity index (χ0n) is 28.4. The summed E-state index contributed by atoms with van der Waals surface area (Å²) in [6.45, 7) is 10.5. The number of piperidine rings is 1. The molecule has 3 aromatic rings. The lowest BCUT2D eigenvalue weighted by Gasteiger charge is -2.29. The van der Waals surface area contributed by atoms with Gasteiger partial charge in [-0.25, -0.2) is 0 Å². The predicted octanol–water partition coefficient (Wildman–Crippen LogP) is 6.84. The van der Waals surface area contributed by atoms with E-state index in [2.05, 4.69) is 51.2 Å². The van der Waals surface area contributed by atoms with E-state index < -0.39 is 17.6 Å². The number of nitrogens with zero attached hydrogens (tertiary/aromatic N) is 4. The van der Waals surface area contributed by atoms with E-state index in [1.165, 1.54) is 24.4 Å². The summed E-state index contributed by atoms with van der Waals surface area (Å²) in [4.78, 5) is 37.8.